The van der Waals surface area contributed by atoms with Crippen molar-refractivity contribution in [3.05, 3.63) is 69.8 Å². The maximum absolute atomic E-state index is 12.8. The lowest BCUT2D eigenvalue weighted by molar-refractivity contribution is -0.137. The van der Waals surface area contributed by atoms with Crippen molar-refractivity contribution in [1.29, 1.82) is 0 Å². The average Bonchev–Trinajstić information content (AvgIpc) is 2.99. The summed E-state index contributed by atoms with van der Waals surface area (Å²) in [6, 6.07) is 8.11. The molecular weight excluding hydrogens is 383 g/mol. The van der Waals surface area contributed by atoms with Gasteiger partial charge in [0.05, 0.1) is 16.5 Å². The van der Waals surface area contributed by atoms with Gasteiger partial charge in [-0.15, -0.1) is 0 Å². The minimum Gasteiger partial charge on any atom is -0.347 e. The van der Waals surface area contributed by atoms with Crippen molar-refractivity contribution in [3.8, 4) is 0 Å². The van der Waals surface area contributed by atoms with Crippen LogP contribution in [-0.4, -0.2) is 15.0 Å². The number of nitrogens with one attached hydrogen (secondary N) is 1. The van der Waals surface area contributed by atoms with Crippen LogP contribution < -0.4 is 10.9 Å². The molecule has 2 heterocycles. The van der Waals surface area contributed by atoms with Gasteiger partial charge in [0.15, 0.2) is 0 Å². The van der Waals surface area contributed by atoms with Gasteiger partial charge in [0, 0.05) is 26.3 Å². The minimum atomic E-state index is -4.44. The van der Waals surface area contributed by atoms with Crippen LogP contribution in [0.25, 0.3) is 10.9 Å². The Morgan fingerprint density at radius 1 is 1.17 bits per heavy atom. The number of amides is 1. The van der Waals surface area contributed by atoms with Crippen LogP contribution in [0.5, 0.6) is 0 Å². The normalized spacial score (nSPS) is 12.0. The van der Waals surface area contributed by atoms with Gasteiger partial charge in [-0.1, -0.05) is 26.0 Å². The molecule has 3 rings (SSSR count). The topological polar surface area (TPSA) is 56.0 Å². The molecule has 0 atom stereocenters. The number of benzene rings is 1. The molecule has 3 aromatic rings. The van der Waals surface area contributed by atoms with E-state index in [1.165, 1.54) is 18.2 Å². The zero-order valence-electron chi connectivity index (χ0n) is 16.4. The Morgan fingerprint density at radius 2 is 1.90 bits per heavy atom. The van der Waals surface area contributed by atoms with Crippen molar-refractivity contribution < 1.29 is 18.0 Å². The SMILES string of the molecule is CC(C)Cn1ccc2c(cc(C(=O)NCc3cccc(C(F)(F)F)c3)n2C)c1=O. The Balaban J connectivity index is 1.84. The molecule has 0 aliphatic rings. The molecule has 154 valence electrons. The lowest BCUT2D eigenvalue weighted by atomic mass is 10.1. The first-order valence-electron chi connectivity index (χ1n) is 9.21. The predicted molar refractivity (Wildman–Crippen MR) is 105 cm³/mol. The van der Waals surface area contributed by atoms with Crippen LogP contribution in [0, 0.1) is 5.92 Å². The largest absolute Gasteiger partial charge is 0.416 e. The second-order valence-corrected chi connectivity index (χ2v) is 7.44. The van der Waals surface area contributed by atoms with Gasteiger partial charge in [-0.3, -0.25) is 9.59 Å². The van der Waals surface area contributed by atoms with Gasteiger partial charge in [-0.2, -0.15) is 13.2 Å². The average molecular weight is 405 g/mol. The first kappa shape index (κ1) is 20.7. The van der Waals surface area contributed by atoms with Gasteiger partial charge < -0.3 is 14.5 Å². The molecule has 0 aliphatic carbocycles. The quantitative estimate of drug-likeness (QED) is 0.699. The van der Waals surface area contributed by atoms with Crippen molar-refractivity contribution in [3.63, 3.8) is 0 Å². The maximum atomic E-state index is 12.8. The predicted octanol–water partition coefficient (Wildman–Crippen LogP) is 3.94. The zero-order valence-corrected chi connectivity index (χ0v) is 16.4. The Morgan fingerprint density at radius 3 is 2.55 bits per heavy atom. The number of fused-ring (bicyclic) bond motifs is 1. The molecule has 1 aromatic carbocycles. The van der Waals surface area contributed by atoms with E-state index in [1.807, 2.05) is 13.8 Å². The number of hydrogen-bond donors (Lipinski definition) is 1. The summed E-state index contributed by atoms with van der Waals surface area (Å²) >= 11 is 0. The Bertz CT molecular complexity index is 1110. The molecule has 1 N–H and O–H groups in total. The third-order valence-electron chi connectivity index (χ3n) is 4.69. The Kier molecular flexibility index (Phi) is 5.55. The Hall–Kier alpha value is -3.03. The standard InChI is InChI=1S/C21H22F3N3O2/c1-13(2)12-27-8-7-17-16(20(27)29)10-18(26(17)3)19(28)25-11-14-5-4-6-15(9-14)21(22,23)24/h4-10,13H,11-12H2,1-3H3,(H,25,28). The van der Waals surface area contributed by atoms with Crippen LogP contribution in [-0.2, 0) is 26.3 Å². The van der Waals surface area contributed by atoms with Crippen molar-refractivity contribution in [2.24, 2.45) is 13.0 Å². The van der Waals surface area contributed by atoms with Crippen LogP contribution in [0.4, 0.5) is 13.2 Å². The van der Waals surface area contributed by atoms with Gasteiger partial charge >= 0.3 is 6.18 Å². The number of alkyl halides is 3. The van der Waals surface area contributed by atoms with Crippen molar-refractivity contribution in [2.75, 3.05) is 0 Å². The van der Waals surface area contributed by atoms with Crippen LogP contribution in [0.15, 0.2) is 47.4 Å². The van der Waals surface area contributed by atoms with Gasteiger partial charge in [0.25, 0.3) is 11.5 Å². The molecule has 0 saturated heterocycles. The molecule has 5 nitrogen and oxygen atoms in total. The first-order valence-corrected chi connectivity index (χ1v) is 9.21. The summed E-state index contributed by atoms with van der Waals surface area (Å²) in [6.45, 7) is 4.53. The number of aromatic nitrogens is 2. The number of nitrogens with zero attached hydrogens (tertiary/aromatic N) is 2. The van der Waals surface area contributed by atoms with Crippen LogP contribution >= 0.6 is 0 Å². The Labute approximate surface area is 165 Å². The summed E-state index contributed by atoms with van der Waals surface area (Å²) in [7, 11) is 1.67. The second-order valence-electron chi connectivity index (χ2n) is 7.44. The number of pyridine rings is 1. The van der Waals surface area contributed by atoms with E-state index in [-0.39, 0.29) is 17.8 Å². The van der Waals surface area contributed by atoms with Gasteiger partial charge in [0.2, 0.25) is 0 Å². The molecule has 0 spiro atoms. The molecule has 0 saturated carbocycles. The highest BCUT2D eigenvalue weighted by Gasteiger charge is 2.30. The van der Waals surface area contributed by atoms with E-state index in [1.54, 1.807) is 28.4 Å². The van der Waals surface area contributed by atoms with Crippen LogP contribution in [0.3, 0.4) is 0 Å². The smallest absolute Gasteiger partial charge is 0.347 e. The van der Waals surface area contributed by atoms with E-state index in [0.717, 1.165) is 12.1 Å². The van der Waals surface area contributed by atoms with Crippen molar-refractivity contribution in [1.82, 2.24) is 14.5 Å². The van der Waals surface area contributed by atoms with Gasteiger partial charge in [0.1, 0.15) is 5.69 Å². The van der Waals surface area contributed by atoms with Crippen molar-refractivity contribution >= 4 is 16.8 Å². The molecule has 0 aliphatic heterocycles. The lowest BCUT2D eigenvalue weighted by Gasteiger charge is -2.10. The zero-order chi connectivity index (χ0) is 21.3. The van der Waals surface area contributed by atoms with E-state index in [4.69, 9.17) is 0 Å². The van der Waals surface area contributed by atoms with Crippen LogP contribution in [0.2, 0.25) is 0 Å². The van der Waals surface area contributed by atoms with Gasteiger partial charge in [-0.25, -0.2) is 0 Å². The summed E-state index contributed by atoms with van der Waals surface area (Å²) in [5, 5.41) is 3.06. The van der Waals surface area contributed by atoms with Crippen molar-refractivity contribution in [2.45, 2.75) is 33.1 Å². The maximum Gasteiger partial charge on any atom is 0.416 e. The summed E-state index contributed by atoms with van der Waals surface area (Å²) in [4.78, 5) is 25.3. The number of halogens is 3. The van der Waals surface area contributed by atoms with E-state index in [9.17, 15) is 22.8 Å². The third-order valence-corrected chi connectivity index (χ3v) is 4.69. The van der Waals surface area contributed by atoms with E-state index in [2.05, 4.69) is 5.32 Å². The summed E-state index contributed by atoms with van der Waals surface area (Å²) in [6.07, 6.45) is -2.74. The van der Waals surface area contributed by atoms with E-state index in [0.29, 0.717) is 28.9 Å². The first-order chi connectivity index (χ1) is 13.6. The highest BCUT2D eigenvalue weighted by atomic mass is 19.4. The van der Waals surface area contributed by atoms with E-state index < -0.39 is 17.6 Å². The molecule has 0 unspecified atom stereocenters. The number of carbonyl (C=O) groups excluding carboxylic acids is 1. The summed E-state index contributed by atoms with van der Waals surface area (Å²) in [5.41, 5.74) is 0.292. The molecular formula is C21H22F3N3O2. The van der Waals surface area contributed by atoms with Crippen LogP contribution in [0.1, 0.15) is 35.5 Å². The lowest BCUT2D eigenvalue weighted by Crippen LogP contribution is -2.25. The number of carbonyl (C=O) groups is 1. The molecule has 29 heavy (non-hydrogen) atoms. The fourth-order valence-corrected chi connectivity index (χ4v) is 3.26. The van der Waals surface area contributed by atoms with Gasteiger partial charge in [-0.05, 0) is 35.7 Å². The highest BCUT2D eigenvalue weighted by molar-refractivity contribution is 5.98. The molecule has 2 aromatic heterocycles. The number of rotatable bonds is 5. The number of hydrogen-bond acceptors (Lipinski definition) is 2. The highest BCUT2D eigenvalue weighted by Crippen LogP contribution is 2.29. The molecule has 0 radical (unpaired) electrons. The summed E-state index contributed by atoms with van der Waals surface area (Å²) < 4.78 is 41.7. The fraction of sp³-hybridized carbons (Fsp3) is 0.333. The van der Waals surface area contributed by atoms with E-state index >= 15 is 0 Å². The molecule has 1 amide bonds. The molecule has 0 bridgehead atoms. The molecule has 0 fully saturated rings. The fourth-order valence-electron chi connectivity index (χ4n) is 3.26. The monoisotopic (exact) mass is 405 g/mol. The third kappa shape index (κ3) is 4.36. The molecule has 8 heteroatoms. The summed E-state index contributed by atoms with van der Waals surface area (Å²) in [5.74, 6) is -0.167. The second kappa shape index (κ2) is 7.77. The number of aryl methyl sites for hydroxylation is 1. The minimum absolute atomic E-state index is 0.0537.